The largest absolute Gasteiger partial charge is 0.396 e. The highest BCUT2D eigenvalue weighted by Gasteiger charge is 2.34. The lowest BCUT2D eigenvalue weighted by Crippen LogP contribution is -2.53. The third-order valence-electron chi connectivity index (χ3n) is 4.05. The van der Waals surface area contributed by atoms with Gasteiger partial charge in [0.05, 0.1) is 18.0 Å². The molecule has 1 aliphatic heterocycles. The standard InChI is InChI=1S/C17H25N3O6S/c1-13-4-6-14(7-5-13)27(24,25)20-9-3-11-26-15(20)12-19-17(23)16(22)18-8-2-10-21/h4-7,15,21H,2-3,8-12H2,1H3,(H,18,22)(H,19,23)/t15-/m0/s1. The van der Waals surface area contributed by atoms with Crippen molar-refractivity contribution in [3.05, 3.63) is 29.8 Å². The van der Waals surface area contributed by atoms with Crippen molar-refractivity contribution in [2.75, 3.05) is 32.8 Å². The topological polar surface area (TPSA) is 125 Å². The fourth-order valence-corrected chi connectivity index (χ4v) is 4.13. The number of carbonyl (C=O) groups excluding carboxylic acids is 2. The first kappa shape index (κ1) is 21.3. The molecule has 10 heteroatoms. The Balaban J connectivity index is 2.01. The first-order chi connectivity index (χ1) is 12.9. The van der Waals surface area contributed by atoms with Gasteiger partial charge in [-0.05, 0) is 31.9 Å². The maximum absolute atomic E-state index is 12.9. The summed E-state index contributed by atoms with van der Waals surface area (Å²) in [4.78, 5) is 23.6. The number of aliphatic hydroxyl groups is 1. The van der Waals surface area contributed by atoms with Crippen LogP contribution >= 0.6 is 0 Å². The van der Waals surface area contributed by atoms with E-state index in [9.17, 15) is 18.0 Å². The average molecular weight is 399 g/mol. The number of nitrogens with zero attached hydrogens (tertiary/aromatic N) is 1. The lowest BCUT2D eigenvalue weighted by atomic mass is 10.2. The molecule has 1 aromatic carbocycles. The van der Waals surface area contributed by atoms with Gasteiger partial charge in [-0.2, -0.15) is 4.31 Å². The number of carbonyl (C=O) groups is 2. The predicted molar refractivity (Wildman–Crippen MR) is 97.2 cm³/mol. The molecule has 3 N–H and O–H groups in total. The summed E-state index contributed by atoms with van der Waals surface area (Å²) < 4.78 is 32.5. The predicted octanol–water partition coefficient (Wildman–Crippen LogP) is -0.653. The third-order valence-corrected chi connectivity index (χ3v) is 5.95. The van der Waals surface area contributed by atoms with E-state index in [0.717, 1.165) is 5.56 Å². The van der Waals surface area contributed by atoms with Gasteiger partial charge >= 0.3 is 11.8 Å². The minimum atomic E-state index is -3.78. The molecule has 0 aliphatic carbocycles. The smallest absolute Gasteiger partial charge is 0.309 e. The fraction of sp³-hybridized carbons (Fsp3) is 0.529. The quantitative estimate of drug-likeness (QED) is 0.413. The van der Waals surface area contributed by atoms with Gasteiger partial charge in [-0.15, -0.1) is 0 Å². The minimum absolute atomic E-state index is 0.0936. The molecule has 2 rings (SSSR count). The van der Waals surface area contributed by atoms with Crippen molar-refractivity contribution in [1.29, 1.82) is 0 Å². The molecule has 1 saturated heterocycles. The number of ether oxygens (including phenoxy) is 1. The van der Waals surface area contributed by atoms with Crippen LogP contribution in [0, 0.1) is 6.92 Å². The molecule has 0 radical (unpaired) electrons. The van der Waals surface area contributed by atoms with Crippen molar-refractivity contribution in [1.82, 2.24) is 14.9 Å². The summed E-state index contributed by atoms with van der Waals surface area (Å²) in [5.74, 6) is -1.72. The van der Waals surface area contributed by atoms with Gasteiger partial charge in [0, 0.05) is 19.7 Å². The Labute approximate surface area is 158 Å². The van der Waals surface area contributed by atoms with Crippen LogP contribution < -0.4 is 10.6 Å². The number of aryl methyl sites for hydroxylation is 1. The van der Waals surface area contributed by atoms with E-state index in [2.05, 4.69) is 10.6 Å². The number of nitrogens with one attached hydrogen (secondary N) is 2. The molecule has 9 nitrogen and oxygen atoms in total. The second-order valence-corrected chi connectivity index (χ2v) is 8.04. The molecular formula is C17H25N3O6S. The molecule has 2 amide bonds. The van der Waals surface area contributed by atoms with Crippen LogP contribution in [-0.2, 0) is 24.3 Å². The van der Waals surface area contributed by atoms with Gasteiger partial charge in [0.15, 0.2) is 0 Å². The van der Waals surface area contributed by atoms with Gasteiger partial charge in [-0.1, -0.05) is 17.7 Å². The first-order valence-electron chi connectivity index (χ1n) is 8.73. The van der Waals surface area contributed by atoms with Crippen LogP contribution in [0.1, 0.15) is 18.4 Å². The van der Waals surface area contributed by atoms with Crippen molar-refractivity contribution < 1.29 is 27.9 Å². The zero-order chi connectivity index (χ0) is 19.9. The van der Waals surface area contributed by atoms with Crippen molar-refractivity contribution in [3.8, 4) is 0 Å². The van der Waals surface area contributed by atoms with Gasteiger partial charge in [0.25, 0.3) is 0 Å². The number of benzene rings is 1. The second-order valence-electron chi connectivity index (χ2n) is 6.15. The van der Waals surface area contributed by atoms with Crippen molar-refractivity contribution in [3.63, 3.8) is 0 Å². The number of hydrogen-bond donors (Lipinski definition) is 3. The zero-order valence-electron chi connectivity index (χ0n) is 15.2. The monoisotopic (exact) mass is 399 g/mol. The lowest BCUT2D eigenvalue weighted by Gasteiger charge is -2.34. The summed E-state index contributed by atoms with van der Waals surface area (Å²) in [7, 11) is -3.78. The first-order valence-corrected chi connectivity index (χ1v) is 10.2. The molecule has 1 atom stereocenters. The Morgan fingerprint density at radius 2 is 1.89 bits per heavy atom. The zero-order valence-corrected chi connectivity index (χ0v) is 16.0. The number of aliphatic hydroxyl groups excluding tert-OH is 1. The molecule has 1 fully saturated rings. The summed E-state index contributed by atoms with van der Waals surface area (Å²) >= 11 is 0. The van der Waals surface area contributed by atoms with Gasteiger partial charge in [0.1, 0.15) is 6.23 Å². The maximum Gasteiger partial charge on any atom is 0.309 e. The van der Waals surface area contributed by atoms with Crippen molar-refractivity contribution >= 4 is 21.8 Å². The van der Waals surface area contributed by atoms with Crippen LogP contribution in [0.2, 0.25) is 0 Å². The number of hydrogen-bond acceptors (Lipinski definition) is 6. The Morgan fingerprint density at radius 1 is 1.22 bits per heavy atom. The molecule has 0 saturated carbocycles. The van der Waals surface area contributed by atoms with E-state index in [1.807, 2.05) is 6.92 Å². The molecular weight excluding hydrogens is 374 g/mol. The highest BCUT2D eigenvalue weighted by molar-refractivity contribution is 7.89. The van der Waals surface area contributed by atoms with Crippen LogP contribution in [0.15, 0.2) is 29.2 Å². The van der Waals surface area contributed by atoms with E-state index in [1.54, 1.807) is 12.1 Å². The van der Waals surface area contributed by atoms with Crippen LogP contribution in [0.25, 0.3) is 0 Å². The number of sulfonamides is 1. The summed E-state index contributed by atoms with van der Waals surface area (Å²) in [6, 6.07) is 6.49. The van der Waals surface area contributed by atoms with Gasteiger partial charge in [0.2, 0.25) is 10.0 Å². The summed E-state index contributed by atoms with van der Waals surface area (Å²) in [5.41, 5.74) is 0.944. The molecule has 0 spiro atoms. The normalized spacial score (nSPS) is 18.1. The number of amides is 2. The maximum atomic E-state index is 12.9. The summed E-state index contributed by atoms with van der Waals surface area (Å²) in [6.45, 7) is 2.44. The Kier molecular flexibility index (Phi) is 7.72. The molecule has 0 bridgehead atoms. The van der Waals surface area contributed by atoms with E-state index in [4.69, 9.17) is 9.84 Å². The van der Waals surface area contributed by atoms with E-state index >= 15 is 0 Å². The molecule has 0 aromatic heterocycles. The van der Waals surface area contributed by atoms with Crippen LogP contribution in [0.4, 0.5) is 0 Å². The third kappa shape index (κ3) is 5.73. The highest BCUT2D eigenvalue weighted by Crippen LogP contribution is 2.22. The summed E-state index contributed by atoms with van der Waals surface area (Å²) in [5, 5.41) is 13.4. The summed E-state index contributed by atoms with van der Waals surface area (Å²) in [6.07, 6.45) is -0.0101. The van der Waals surface area contributed by atoms with Crippen LogP contribution in [-0.4, -0.2) is 68.7 Å². The Morgan fingerprint density at radius 3 is 2.56 bits per heavy atom. The second kappa shape index (κ2) is 9.79. The molecule has 0 unspecified atom stereocenters. The fourth-order valence-electron chi connectivity index (χ4n) is 2.57. The Hall–Kier alpha value is -2.01. The molecule has 1 heterocycles. The lowest BCUT2D eigenvalue weighted by molar-refractivity contribution is -0.140. The number of rotatable bonds is 7. The van der Waals surface area contributed by atoms with Crippen LogP contribution in [0.5, 0.6) is 0 Å². The Bertz CT molecular complexity index is 750. The molecule has 150 valence electrons. The van der Waals surface area contributed by atoms with Gasteiger partial charge in [-0.3, -0.25) is 9.59 Å². The minimum Gasteiger partial charge on any atom is -0.396 e. The highest BCUT2D eigenvalue weighted by atomic mass is 32.2. The van der Waals surface area contributed by atoms with Gasteiger partial charge in [-0.25, -0.2) is 8.42 Å². The van der Waals surface area contributed by atoms with E-state index in [1.165, 1.54) is 16.4 Å². The molecule has 27 heavy (non-hydrogen) atoms. The molecule has 1 aliphatic rings. The molecule has 1 aromatic rings. The van der Waals surface area contributed by atoms with Crippen molar-refractivity contribution in [2.45, 2.75) is 30.9 Å². The van der Waals surface area contributed by atoms with Crippen LogP contribution in [0.3, 0.4) is 0 Å². The van der Waals surface area contributed by atoms with Crippen molar-refractivity contribution in [2.24, 2.45) is 0 Å². The average Bonchev–Trinajstić information content (AvgIpc) is 2.66. The van der Waals surface area contributed by atoms with E-state index in [-0.39, 0.29) is 31.1 Å². The van der Waals surface area contributed by atoms with E-state index < -0.39 is 28.1 Å². The van der Waals surface area contributed by atoms with Gasteiger partial charge < -0.3 is 20.5 Å². The SMILES string of the molecule is Cc1ccc(S(=O)(=O)N2CCCO[C@H]2CNC(=O)C(=O)NCCCO)cc1. The van der Waals surface area contributed by atoms with E-state index in [0.29, 0.717) is 19.4 Å².